The lowest BCUT2D eigenvalue weighted by atomic mass is 9.82. The van der Waals surface area contributed by atoms with E-state index in [1.165, 1.54) is 0 Å². The van der Waals surface area contributed by atoms with Gasteiger partial charge >= 0.3 is 0 Å². The van der Waals surface area contributed by atoms with E-state index in [1.807, 2.05) is 0 Å². The first-order valence-corrected chi connectivity index (χ1v) is 5.81. The van der Waals surface area contributed by atoms with Crippen molar-refractivity contribution in [2.75, 3.05) is 25.5 Å². The third-order valence-corrected chi connectivity index (χ3v) is 3.45. The standard InChI is InChI=1S/C7H15NO4S/c8-5-7(6-13(9,10)11)1-3-12-4-2-7/h1-6,8H2,(H,9,10,11). The normalized spacial score (nSPS) is 22.9. The summed E-state index contributed by atoms with van der Waals surface area (Å²) in [6.07, 6.45) is 1.20. The Kier molecular flexibility index (Phi) is 3.28. The fourth-order valence-electron chi connectivity index (χ4n) is 1.60. The Morgan fingerprint density at radius 1 is 1.38 bits per heavy atom. The maximum Gasteiger partial charge on any atom is 0.265 e. The summed E-state index contributed by atoms with van der Waals surface area (Å²) in [6, 6.07) is 0. The molecule has 0 atom stereocenters. The van der Waals surface area contributed by atoms with Crippen molar-refractivity contribution in [3.8, 4) is 0 Å². The van der Waals surface area contributed by atoms with E-state index >= 15 is 0 Å². The predicted octanol–water partition coefficient (Wildman–Crippen LogP) is -0.370. The minimum Gasteiger partial charge on any atom is -0.381 e. The van der Waals surface area contributed by atoms with Crippen LogP contribution in [0.4, 0.5) is 0 Å². The maximum absolute atomic E-state index is 10.7. The predicted molar refractivity (Wildman–Crippen MR) is 48.0 cm³/mol. The van der Waals surface area contributed by atoms with Crippen LogP contribution in [-0.2, 0) is 14.9 Å². The molecule has 13 heavy (non-hydrogen) atoms. The highest BCUT2D eigenvalue weighted by Crippen LogP contribution is 2.30. The molecule has 0 radical (unpaired) electrons. The Bertz CT molecular complexity index is 256. The first kappa shape index (κ1) is 10.9. The number of hydrogen-bond donors (Lipinski definition) is 2. The van der Waals surface area contributed by atoms with E-state index in [0.29, 0.717) is 26.1 Å². The van der Waals surface area contributed by atoms with Gasteiger partial charge in [0, 0.05) is 18.6 Å². The van der Waals surface area contributed by atoms with E-state index < -0.39 is 15.5 Å². The Labute approximate surface area is 78.0 Å². The molecule has 0 amide bonds. The number of hydrogen-bond acceptors (Lipinski definition) is 4. The van der Waals surface area contributed by atoms with E-state index in [0.717, 1.165) is 0 Å². The van der Waals surface area contributed by atoms with Crippen LogP contribution in [0.15, 0.2) is 0 Å². The second-order valence-corrected chi connectivity index (χ2v) is 5.00. The molecule has 78 valence electrons. The fraction of sp³-hybridized carbons (Fsp3) is 1.00. The quantitative estimate of drug-likeness (QED) is 0.619. The molecular weight excluding hydrogens is 194 g/mol. The molecule has 5 nitrogen and oxygen atoms in total. The topological polar surface area (TPSA) is 89.6 Å². The van der Waals surface area contributed by atoms with Gasteiger partial charge in [-0.3, -0.25) is 4.55 Å². The van der Waals surface area contributed by atoms with Crippen molar-refractivity contribution >= 4 is 10.1 Å². The fourth-order valence-corrected chi connectivity index (χ4v) is 2.78. The second kappa shape index (κ2) is 3.91. The zero-order valence-corrected chi connectivity index (χ0v) is 8.22. The average molecular weight is 209 g/mol. The molecule has 0 aromatic carbocycles. The van der Waals surface area contributed by atoms with Crippen molar-refractivity contribution in [3.63, 3.8) is 0 Å². The van der Waals surface area contributed by atoms with Gasteiger partial charge in [-0.05, 0) is 19.4 Å². The lowest BCUT2D eigenvalue weighted by molar-refractivity contribution is 0.0290. The first-order chi connectivity index (χ1) is 5.97. The van der Waals surface area contributed by atoms with Gasteiger partial charge in [0.1, 0.15) is 0 Å². The molecule has 1 saturated heterocycles. The summed E-state index contributed by atoms with van der Waals surface area (Å²) in [5.74, 6) is -0.250. The lowest BCUT2D eigenvalue weighted by Crippen LogP contribution is -2.42. The molecule has 1 rings (SSSR count). The summed E-state index contributed by atoms with van der Waals surface area (Å²) in [4.78, 5) is 0. The van der Waals surface area contributed by atoms with E-state index in [4.69, 9.17) is 15.0 Å². The molecule has 6 heteroatoms. The van der Waals surface area contributed by atoms with Gasteiger partial charge < -0.3 is 10.5 Å². The van der Waals surface area contributed by atoms with Crippen molar-refractivity contribution in [2.45, 2.75) is 12.8 Å². The van der Waals surface area contributed by atoms with Gasteiger partial charge in [-0.15, -0.1) is 0 Å². The van der Waals surface area contributed by atoms with Crippen LogP contribution in [0.3, 0.4) is 0 Å². The minimum atomic E-state index is -3.93. The Morgan fingerprint density at radius 2 is 1.92 bits per heavy atom. The molecule has 1 aliphatic rings. The van der Waals surface area contributed by atoms with Gasteiger partial charge in [-0.1, -0.05) is 0 Å². The molecule has 0 aromatic heterocycles. The van der Waals surface area contributed by atoms with Gasteiger partial charge in [0.05, 0.1) is 5.75 Å². The van der Waals surface area contributed by atoms with Gasteiger partial charge in [0.15, 0.2) is 0 Å². The summed E-state index contributed by atoms with van der Waals surface area (Å²) < 4.78 is 35.3. The second-order valence-electron chi connectivity index (χ2n) is 3.54. The molecule has 0 aromatic rings. The monoisotopic (exact) mass is 209 g/mol. The van der Waals surface area contributed by atoms with Crippen molar-refractivity contribution in [2.24, 2.45) is 11.1 Å². The third kappa shape index (κ3) is 3.22. The number of nitrogens with two attached hydrogens (primary N) is 1. The minimum absolute atomic E-state index is 0.250. The van der Waals surface area contributed by atoms with Gasteiger partial charge in [0.2, 0.25) is 0 Å². The van der Waals surface area contributed by atoms with Gasteiger partial charge in [-0.25, -0.2) is 0 Å². The number of ether oxygens (including phenoxy) is 1. The van der Waals surface area contributed by atoms with Crippen LogP contribution in [0.25, 0.3) is 0 Å². The average Bonchev–Trinajstić information content (AvgIpc) is 2.03. The zero-order valence-electron chi connectivity index (χ0n) is 7.40. The summed E-state index contributed by atoms with van der Waals surface area (Å²) in [5, 5.41) is 0. The van der Waals surface area contributed by atoms with Gasteiger partial charge in [-0.2, -0.15) is 8.42 Å². The van der Waals surface area contributed by atoms with Crippen molar-refractivity contribution in [3.05, 3.63) is 0 Å². The zero-order chi connectivity index (χ0) is 9.95. The molecule has 1 aliphatic heterocycles. The summed E-state index contributed by atoms with van der Waals surface area (Å²) in [5.41, 5.74) is 5.03. The van der Waals surface area contributed by atoms with Crippen molar-refractivity contribution in [1.82, 2.24) is 0 Å². The van der Waals surface area contributed by atoms with Crippen LogP contribution >= 0.6 is 0 Å². The Morgan fingerprint density at radius 3 is 2.31 bits per heavy atom. The first-order valence-electron chi connectivity index (χ1n) is 4.20. The van der Waals surface area contributed by atoms with Crippen molar-refractivity contribution < 1.29 is 17.7 Å². The lowest BCUT2D eigenvalue weighted by Gasteiger charge is -2.34. The van der Waals surface area contributed by atoms with E-state index in [1.54, 1.807) is 0 Å². The highest BCUT2D eigenvalue weighted by Gasteiger charge is 2.35. The molecule has 0 aliphatic carbocycles. The summed E-state index contributed by atoms with van der Waals surface area (Å²) >= 11 is 0. The van der Waals surface area contributed by atoms with Gasteiger partial charge in [0.25, 0.3) is 10.1 Å². The molecule has 1 fully saturated rings. The summed E-state index contributed by atoms with van der Waals surface area (Å²) in [7, 11) is -3.93. The van der Waals surface area contributed by atoms with Crippen LogP contribution in [0.2, 0.25) is 0 Å². The SMILES string of the molecule is NCC1(CS(=O)(=O)O)CCOCC1. The molecule has 0 unspecified atom stereocenters. The third-order valence-electron chi connectivity index (χ3n) is 2.48. The largest absolute Gasteiger partial charge is 0.381 e. The maximum atomic E-state index is 10.7. The number of rotatable bonds is 3. The highest BCUT2D eigenvalue weighted by molar-refractivity contribution is 7.85. The van der Waals surface area contributed by atoms with Crippen LogP contribution in [-0.4, -0.2) is 38.5 Å². The molecule has 0 saturated carbocycles. The Hall–Kier alpha value is -0.170. The van der Waals surface area contributed by atoms with E-state index in [2.05, 4.69) is 0 Å². The highest BCUT2D eigenvalue weighted by atomic mass is 32.2. The molecular formula is C7H15NO4S. The Balaban J connectivity index is 2.68. The van der Waals surface area contributed by atoms with Crippen LogP contribution in [0.5, 0.6) is 0 Å². The van der Waals surface area contributed by atoms with E-state index in [-0.39, 0.29) is 12.3 Å². The van der Waals surface area contributed by atoms with Crippen LogP contribution in [0.1, 0.15) is 12.8 Å². The molecule has 0 spiro atoms. The smallest absolute Gasteiger partial charge is 0.265 e. The molecule has 0 bridgehead atoms. The summed E-state index contributed by atoms with van der Waals surface area (Å²) in [6.45, 7) is 1.32. The van der Waals surface area contributed by atoms with Crippen LogP contribution in [0, 0.1) is 5.41 Å². The molecule has 3 N–H and O–H groups in total. The molecule has 1 heterocycles. The van der Waals surface area contributed by atoms with E-state index in [9.17, 15) is 8.42 Å². The van der Waals surface area contributed by atoms with Crippen molar-refractivity contribution in [1.29, 1.82) is 0 Å². The van der Waals surface area contributed by atoms with Crippen LogP contribution < -0.4 is 5.73 Å².